The van der Waals surface area contributed by atoms with Crippen molar-refractivity contribution in [2.24, 2.45) is 11.3 Å². The van der Waals surface area contributed by atoms with Crippen molar-refractivity contribution in [2.45, 2.75) is 66.4 Å². The topological polar surface area (TPSA) is 94.6 Å². The van der Waals surface area contributed by atoms with Gasteiger partial charge in [-0.05, 0) is 61.6 Å². The number of amides is 1. The largest absolute Gasteiger partial charge is 0.462 e. The van der Waals surface area contributed by atoms with E-state index in [4.69, 9.17) is 9.47 Å². The molecule has 7 nitrogen and oxygen atoms in total. The zero-order chi connectivity index (χ0) is 24.2. The first kappa shape index (κ1) is 24.9. The molecular formula is C25H32N2O5S. The fourth-order valence-corrected chi connectivity index (χ4v) is 5.35. The predicted molar refractivity (Wildman–Crippen MR) is 128 cm³/mol. The van der Waals surface area contributed by atoms with Gasteiger partial charge in [-0.1, -0.05) is 27.7 Å². The molecule has 0 radical (unpaired) electrons. The van der Waals surface area contributed by atoms with Crippen LogP contribution in [0.3, 0.4) is 0 Å². The summed E-state index contributed by atoms with van der Waals surface area (Å²) < 4.78 is 10.7. The first-order valence-corrected chi connectivity index (χ1v) is 12.2. The van der Waals surface area contributed by atoms with Gasteiger partial charge in [0.25, 0.3) is 5.91 Å². The van der Waals surface area contributed by atoms with Crippen molar-refractivity contribution >= 4 is 34.2 Å². The maximum Gasteiger partial charge on any atom is 0.341 e. The fraction of sp³-hybridized carbons (Fsp3) is 0.520. The van der Waals surface area contributed by atoms with Crippen molar-refractivity contribution in [3.8, 4) is 0 Å². The second-order valence-corrected chi connectivity index (χ2v) is 10.4. The third kappa shape index (κ3) is 5.79. The second kappa shape index (κ2) is 10.5. The average molecular weight is 473 g/mol. The summed E-state index contributed by atoms with van der Waals surface area (Å²) >= 11 is 1.43. The van der Waals surface area contributed by atoms with E-state index in [0.717, 1.165) is 29.7 Å². The Balaban J connectivity index is 1.84. The van der Waals surface area contributed by atoms with Gasteiger partial charge in [0.15, 0.2) is 6.10 Å². The van der Waals surface area contributed by atoms with E-state index in [1.165, 1.54) is 35.9 Å². The van der Waals surface area contributed by atoms with Crippen LogP contribution in [0.2, 0.25) is 0 Å². The lowest BCUT2D eigenvalue weighted by molar-refractivity contribution is -0.124. The Bertz CT molecular complexity index is 1010. The van der Waals surface area contributed by atoms with Crippen molar-refractivity contribution in [1.82, 2.24) is 4.98 Å². The van der Waals surface area contributed by atoms with Gasteiger partial charge in [0.2, 0.25) is 0 Å². The average Bonchev–Trinajstić information content (AvgIpc) is 3.14. The van der Waals surface area contributed by atoms with Crippen molar-refractivity contribution in [3.05, 3.63) is 46.1 Å². The van der Waals surface area contributed by atoms with Crippen LogP contribution in [0.15, 0.2) is 24.5 Å². The Morgan fingerprint density at radius 1 is 1.18 bits per heavy atom. The molecule has 0 aliphatic heterocycles. The number of rotatable bonds is 7. The smallest absolute Gasteiger partial charge is 0.341 e. The zero-order valence-corrected chi connectivity index (χ0v) is 20.7. The molecule has 178 valence electrons. The summed E-state index contributed by atoms with van der Waals surface area (Å²) in [4.78, 5) is 43.2. The molecular weight excluding hydrogens is 440 g/mol. The number of nitrogens with zero attached hydrogens (tertiary/aromatic N) is 1. The van der Waals surface area contributed by atoms with Gasteiger partial charge in [0.1, 0.15) is 5.00 Å². The van der Waals surface area contributed by atoms with Crippen LogP contribution in [0, 0.1) is 11.3 Å². The molecule has 1 aliphatic carbocycles. The molecule has 1 amide bonds. The van der Waals surface area contributed by atoms with Gasteiger partial charge >= 0.3 is 11.9 Å². The zero-order valence-electron chi connectivity index (χ0n) is 19.9. The lowest BCUT2D eigenvalue weighted by Crippen LogP contribution is -2.32. The van der Waals surface area contributed by atoms with Gasteiger partial charge in [-0.15, -0.1) is 11.3 Å². The Kier molecular flexibility index (Phi) is 7.89. The van der Waals surface area contributed by atoms with E-state index in [0.29, 0.717) is 28.5 Å². The van der Waals surface area contributed by atoms with Gasteiger partial charge < -0.3 is 14.8 Å². The SMILES string of the molecule is CCOC(=O)c1c(NC(=O)C(CC)OC(=O)c2ccncc2)sc2c1CCC(C(C)(C)C)C2. The second-order valence-electron chi connectivity index (χ2n) is 9.26. The predicted octanol–water partition coefficient (Wildman–Crippen LogP) is 5.04. The van der Waals surface area contributed by atoms with Crippen LogP contribution in [0.4, 0.5) is 5.00 Å². The monoisotopic (exact) mass is 472 g/mol. The highest BCUT2D eigenvalue weighted by Crippen LogP contribution is 2.44. The van der Waals surface area contributed by atoms with Crippen molar-refractivity contribution in [3.63, 3.8) is 0 Å². The number of hydrogen-bond acceptors (Lipinski definition) is 7. The lowest BCUT2D eigenvalue weighted by Gasteiger charge is -2.33. The number of nitrogens with one attached hydrogen (secondary N) is 1. The summed E-state index contributed by atoms with van der Waals surface area (Å²) in [5.74, 6) is -0.992. The highest BCUT2D eigenvalue weighted by atomic mass is 32.1. The first-order chi connectivity index (χ1) is 15.7. The summed E-state index contributed by atoms with van der Waals surface area (Å²) in [6.45, 7) is 10.5. The molecule has 2 heterocycles. The maximum absolute atomic E-state index is 13.0. The molecule has 33 heavy (non-hydrogen) atoms. The number of fused-ring (bicyclic) bond motifs is 1. The van der Waals surface area contributed by atoms with Crippen molar-refractivity contribution in [1.29, 1.82) is 0 Å². The summed E-state index contributed by atoms with van der Waals surface area (Å²) in [5, 5.41) is 3.33. The minimum absolute atomic E-state index is 0.156. The maximum atomic E-state index is 13.0. The quantitative estimate of drug-likeness (QED) is 0.567. The van der Waals surface area contributed by atoms with Gasteiger partial charge in [-0.25, -0.2) is 9.59 Å². The number of anilines is 1. The Hall–Kier alpha value is -2.74. The van der Waals surface area contributed by atoms with Gasteiger partial charge in [-0.3, -0.25) is 9.78 Å². The molecule has 0 bridgehead atoms. The number of carbonyl (C=O) groups excluding carboxylic acids is 3. The molecule has 0 aromatic carbocycles. The Morgan fingerprint density at radius 2 is 1.88 bits per heavy atom. The summed E-state index contributed by atoms with van der Waals surface area (Å²) in [6.07, 6.45) is 4.91. The normalized spacial score (nSPS) is 16.5. The number of thiophene rings is 1. The Morgan fingerprint density at radius 3 is 2.48 bits per heavy atom. The van der Waals surface area contributed by atoms with Gasteiger partial charge in [-0.2, -0.15) is 0 Å². The number of aromatic nitrogens is 1. The van der Waals surface area contributed by atoms with Crippen LogP contribution in [-0.4, -0.2) is 35.5 Å². The molecule has 8 heteroatoms. The van der Waals surface area contributed by atoms with Crippen LogP contribution in [0.25, 0.3) is 0 Å². The van der Waals surface area contributed by atoms with Crippen LogP contribution in [0.1, 0.15) is 78.6 Å². The molecule has 2 aromatic rings. The highest BCUT2D eigenvalue weighted by Gasteiger charge is 2.35. The van der Waals surface area contributed by atoms with Crippen molar-refractivity contribution in [2.75, 3.05) is 11.9 Å². The third-order valence-corrected chi connectivity index (χ3v) is 7.20. The first-order valence-electron chi connectivity index (χ1n) is 11.4. The lowest BCUT2D eigenvalue weighted by atomic mass is 9.72. The minimum atomic E-state index is -0.984. The number of pyridine rings is 1. The molecule has 2 aromatic heterocycles. The standard InChI is InChI=1S/C25H32N2O5S/c1-6-18(32-23(29)15-10-12-26-13-11-15)21(28)27-22-20(24(30)31-7-2)17-9-8-16(25(3,4)5)14-19(17)33-22/h10-13,16,18H,6-9,14H2,1-5H3,(H,27,28). The molecule has 3 rings (SSSR count). The minimum Gasteiger partial charge on any atom is -0.462 e. The fourth-order valence-electron chi connectivity index (χ4n) is 4.03. The number of hydrogen-bond donors (Lipinski definition) is 1. The van der Waals surface area contributed by atoms with E-state index < -0.39 is 23.9 Å². The molecule has 2 atom stereocenters. The molecule has 1 N–H and O–H groups in total. The van der Waals surface area contributed by atoms with Crippen LogP contribution in [0.5, 0.6) is 0 Å². The van der Waals surface area contributed by atoms with E-state index in [2.05, 4.69) is 31.1 Å². The van der Waals surface area contributed by atoms with Gasteiger partial charge in [0, 0.05) is 17.3 Å². The van der Waals surface area contributed by atoms with Gasteiger partial charge in [0.05, 0.1) is 17.7 Å². The van der Waals surface area contributed by atoms with E-state index in [-0.39, 0.29) is 12.0 Å². The van der Waals surface area contributed by atoms with E-state index in [1.807, 2.05) is 0 Å². The molecule has 0 saturated carbocycles. The van der Waals surface area contributed by atoms with Crippen LogP contribution >= 0.6 is 11.3 Å². The molecule has 0 spiro atoms. The summed E-state index contributed by atoms with van der Waals surface area (Å²) in [6, 6.07) is 3.07. The Labute approximate surface area is 198 Å². The summed E-state index contributed by atoms with van der Waals surface area (Å²) in [5.41, 5.74) is 1.89. The van der Waals surface area contributed by atoms with Crippen LogP contribution in [-0.2, 0) is 27.1 Å². The number of carbonyl (C=O) groups is 3. The molecule has 1 aliphatic rings. The van der Waals surface area contributed by atoms with E-state index >= 15 is 0 Å². The van der Waals surface area contributed by atoms with Crippen LogP contribution < -0.4 is 5.32 Å². The highest BCUT2D eigenvalue weighted by molar-refractivity contribution is 7.17. The third-order valence-electron chi connectivity index (χ3n) is 6.03. The van der Waals surface area contributed by atoms with E-state index in [1.54, 1.807) is 13.8 Å². The summed E-state index contributed by atoms with van der Waals surface area (Å²) in [7, 11) is 0. The molecule has 2 unspecified atom stereocenters. The molecule has 0 fully saturated rings. The molecule has 0 saturated heterocycles. The van der Waals surface area contributed by atoms with Crippen molar-refractivity contribution < 1.29 is 23.9 Å². The number of esters is 2. The van der Waals surface area contributed by atoms with E-state index in [9.17, 15) is 14.4 Å². The number of ether oxygens (including phenoxy) is 2.